The van der Waals surface area contributed by atoms with Crippen molar-refractivity contribution in [2.75, 3.05) is 12.4 Å². The van der Waals surface area contributed by atoms with Crippen molar-refractivity contribution < 1.29 is 9.53 Å². The second kappa shape index (κ2) is 5.75. The van der Waals surface area contributed by atoms with E-state index in [1.807, 2.05) is 14.0 Å². The molecule has 0 saturated heterocycles. The molecule has 5 nitrogen and oxygen atoms in total. The fourth-order valence-corrected chi connectivity index (χ4v) is 1.86. The normalized spacial score (nSPS) is 12.5. The summed E-state index contributed by atoms with van der Waals surface area (Å²) in [6.45, 7) is 4.08. The minimum Gasteiger partial charge on any atom is -0.466 e. The summed E-state index contributed by atoms with van der Waals surface area (Å²) in [7, 11) is 1.82. The fraction of sp³-hybridized carbons (Fsp3) is 0.667. The average molecular weight is 229 g/mol. The summed E-state index contributed by atoms with van der Waals surface area (Å²) >= 11 is 1.50. The molecule has 0 fully saturated rings. The van der Waals surface area contributed by atoms with E-state index in [2.05, 4.69) is 10.1 Å². The van der Waals surface area contributed by atoms with Crippen LogP contribution in [0, 0.1) is 5.92 Å². The molecule has 0 aromatic carbocycles. The van der Waals surface area contributed by atoms with Crippen molar-refractivity contribution in [1.82, 2.24) is 14.8 Å². The molecule has 0 aliphatic heterocycles. The van der Waals surface area contributed by atoms with Gasteiger partial charge in [0.1, 0.15) is 6.33 Å². The van der Waals surface area contributed by atoms with Crippen LogP contribution in [0.25, 0.3) is 0 Å². The Morgan fingerprint density at radius 3 is 3.00 bits per heavy atom. The van der Waals surface area contributed by atoms with Gasteiger partial charge in [0.2, 0.25) is 0 Å². The molecule has 1 unspecified atom stereocenters. The van der Waals surface area contributed by atoms with Gasteiger partial charge < -0.3 is 4.74 Å². The number of hydrogen-bond donors (Lipinski definition) is 0. The number of thioether (sulfide) groups is 1. The Morgan fingerprint density at radius 1 is 1.73 bits per heavy atom. The third-order valence-electron chi connectivity index (χ3n) is 1.82. The van der Waals surface area contributed by atoms with E-state index in [0.29, 0.717) is 12.4 Å². The maximum absolute atomic E-state index is 11.3. The van der Waals surface area contributed by atoms with Gasteiger partial charge in [-0.1, -0.05) is 18.7 Å². The van der Waals surface area contributed by atoms with Crippen LogP contribution in [-0.2, 0) is 16.6 Å². The van der Waals surface area contributed by atoms with Crippen LogP contribution in [-0.4, -0.2) is 33.1 Å². The molecule has 1 atom stereocenters. The number of rotatable bonds is 5. The van der Waals surface area contributed by atoms with Crippen molar-refractivity contribution in [3.63, 3.8) is 0 Å². The van der Waals surface area contributed by atoms with Crippen molar-refractivity contribution in [2.45, 2.75) is 19.0 Å². The van der Waals surface area contributed by atoms with Gasteiger partial charge in [0.25, 0.3) is 0 Å². The smallest absolute Gasteiger partial charge is 0.309 e. The lowest BCUT2D eigenvalue weighted by molar-refractivity contribution is -0.146. The summed E-state index contributed by atoms with van der Waals surface area (Å²) in [5.74, 6) is 0.379. The highest BCUT2D eigenvalue weighted by molar-refractivity contribution is 7.99. The van der Waals surface area contributed by atoms with E-state index in [-0.39, 0.29) is 11.9 Å². The molecule has 0 aliphatic rings. The number of nitrogens with zero attached hydrogens (tertiary/aromatic N) is 3. The summed E-state index contributed by atoms with van der Waals surface area (Å²) < 4.78 is 6.59. The maximum atomic E-state index is 11.3. The van der Waals surface area contributed by atoms with Crippen molar-refractivity contribution in [2.24, 2.45) is 13.0 Å². The largest absolute Gasteiger partial charge is 0.466 e. The van der Waals surface area contributed by atoms with Crippen LogP contribution >= 0.6 is 11.8 Å². The predicted octanol–water partition coefficient (Wildman–Crippen LogP) is 1.11. The van der Waals surface area contributed by atoms with E-state index < -0.39 is 0 Å². The van der Waals surface area contributed by atoms with E-state index in [0.717, 1.165) is 5.16 Å². The Labute approximate surface area is 93.2 Å². The molecule has 0 N–H and O–H groups in total. The first kappa shape index (κ1) is 12.0. The Bertz CT molecular complexity index is 327. The number of ether oxygens (including phenoxy) is 1. The van der Waals surface area contributed by atoms with Gasteiger partial charge in [-0.25, -0.2) is 9.67 Å². The predicted molar refractivity (Wildman–Crippen MR) is 57.5 cm³/mol. The molecule has 1 aromatic rings. The van der Waals surface area contributed by atoms with E-state index in [4.69, 9.17) is 4.74 Å². The topological polar surface area (TPSA) is 57.0 Å². The van der Waals surface area contributed by atoms with Gasteiger partial charge >= 0.3 is 5.97 Å². The number of aromatic nitrogens is 3. The van der Waals surface area contributed by atoms with Crippen LogP contribution in [0.3, 0.4) is 0 Å². The SMILES string of the molecule is CCOC(=O)C(C)CSc1ncnn1C. The van der Waals surface area contributed by atoms with Crippen LogP contribution in [0.1, 0.15) is 13.8 Å². The fourth-order valence-electron chi connectivity index (χ4n) is 0.968. The van der Waals surface area contributed by atoms with Crippen molar-refractivity contribution in [1.29, 1.82) is 0 Å². The third-order valence-corrected chi connectivity index (χ3v) is 3.12. The Kier molecular flexibility index (Phi) is 4.61. The summed E-state index contributed by atoms with van der Waals surface area (Å²) in [6, 6.07) is 0. The lowest BCUT2D eigenvalue weighted by Gasteiger charge is -2.08. The monoisotopic (exact) mass is 229 g/mol. The molecular weight excluding hydrogens is 214 g/mol. The van der Waals surface area contributed by atoms with Crippen LogP contribution in [0.15, 0.2) is 11.5 Å². The number of hydrogen-bond acceptors (Lipinski definition) is 5. The molecule has 0 aliphatic carbocycles. The molecule has 0 saturated carbocycles. The molecule has 0 amide bonds. The first-order valence-corrected chi connectivity index (χ1v) is 5.77. The minimum atomic E-state index is -0.160. The summed E-state index contributed by atoms with van der Waals surface area (Å²) in [4.78, 5) is 15.4. The van der Waals surface area contributed by atoms with Crippen LogP contribution < -0.4 is 0 Å². The molecule has 0 radical (unpaired) electrons. The highest BCUT2D eigenvalue weighted by atomic mass is 32.2. The first-order chi connectivity index (χ1) is 7.15. The number of carbonyl (C=O) groups is 1. The Hall–Kier alpha value is -1.04. The minimum absolute atomic E-state index is 0.119. The molecule has 6 heteroatoms. The number of aryl methyl sites for hydroxylation is 1. The molecule has 84 valence electrons. The zero-order valence-corrected chi connectivity index (χ0v) is 9.95. The van der Waals surface area contributed by atoms with Gasteiger partial charge in [0.05, 0.1) is 12.5 Å². The molecule has 15 heavy (non-hydrogen) atoms. The second-order valence-electron chi connectivity index (χ2n) is 3.13. The molecule has 0 spiro atoms. The number of esters is 1. The van der Waals surface area contributed by atoms with Crippen molar-refractivity contribution >= 4 is 17.7 Å². The quantitative estimate of drug-likeness (QED) is 0.559. The zero-order valence-electron chi connectivity index (χ0n) is 9.14. The summed E-state index contributed by atoms with van der Waals surface area (Å²) in [6.07, 6.45) is 1.50. The van der Waals surface area contributed by atoms with E-state index in [1.54, 1.807) is 11.6 Å². The van der Waals surface area contributed by atoms with Crippen LogP contribution in [0.5, 0.6) is 0 Å². The van der Waals surface area contributed by atoms with E-state index >= 15 is 0 Å². The Morgan fingerprint density at radius 2 is 2.47 bits per heavy atom. The van der Waals surface area contributed by atoms with E-state index in [1.165, 1.54) is 18.1 Å². The van der Waals surface area contributed by atoms with Gasteiger partial charge in [-0.15, -0.1) is 0 Å². The van der Waals surface area contributed by atoms with Crippen molar-refractivity contribution in [3.05, 3.63) is 6.33 Å². The van der Waals surface area contributed by atoms with Crippen molar-refractivity contribution in [3.8, 4) is 0 Å². The number of carbonyl (C=O) groups excluding carboxylic acids is 1. The lowest BCUT2D eigenvalue weighted by atomic mass is 10.2. The van der Waals surface area contributed by atoms with Gasteiger partial charge in [0, 0.05) is 12.8 Å². The first-order valence-electron chi connectivity index (χ1n) is 4.78. The molecular formula is C9H15N3O2S. The second-order valence-corrected chi connectivity index (χ2v) is 4.12. The standard InChI is InChI=1S/C9H15N3O2S/c1-4-14-8(13)7(2)5-15-9-10-6-11-12(9)3/h6-7H,4-5H2,1-3H3. The zero-order chi connectivity index (χ0) is 11.3. The lowest BCUT2D eigenvalue weighted by Crippen LogP contribution is -2.17. The average Bonchev–Trinajstić information content (AvgIpc) is 2.61. The highest BCUT2D eigenvalue weighted by Gasteiger charge is 2.15. The maximum Gasteiger partial charge on any atom is 0.309 e. The molecule has 1 rings (SSSR count). The van der Waals surface area contributed by atoms with Gasteiger partial charge in [-0.2, -0.15) is 5.10 Å². The van der Waals surface area contributed by atoms with Gasteiger partial charge in [0.15, 0.2) is 5.16 Å². The van der Waals surface area contributed by atoms with Gasteiger partial charge in [-0.05, 0) is 6.92 Å². The van der Waals surface area contributed by atoms with Crippen LogP contribution in [0.4, 0.5) is 0 Å². The van der Waals surface area contributed by atoms with Crippen LogP contribution in [0.2, 0.25) is 0 Å². The summed E-state index contributed by atoms with van der Waals surface area (Å²) in [5, 5.41) is 4.76. The van der Waals surface area contributed by atoms with Gasteiger partial charge in [-0.3, -0.25) is 4.79 Å². The molecule has 1 heterocycles. The third kappa shape index (κ3) is 3.54. The molecule has 0 bridgehead atoms. The van der Waals surface area contributed by atoms with E-state index in [9.17, 15) is 4.79 Å². The highest BCUT2D eigenvalue weighted by Crippen LogP contribution is 2.17. The summed E-state index contributed by atoms with van der Waals surface area (Å²) in [5.41, 5.74) is 0. The Balaban J connectivity index is 2.37. The molecule has 1 aromatic heterocycles.